The van der Waals surface area contributed by atoms with Crippen molar-refractivity contribution < 1.29 is 4.39 Å². The van der Waals surface area contributed by atoms with Gasteiger partial charge < -0.3 is 5.32 Å². The van der Waals surface area contributed by atoms with E-state index in [1.165, 1.54) is 31.7 Å². The second-order valence-corrected chi connectivity index (χ2v) is 6.33. The van der Waals surface area contributed by atoms with Crippen molar-refractivity contribution in [3.8, 4) is 0 Å². The lowest BCUT2D eigenvalue weighted by Crippen LogP contribution is -2.46. The molecule has 4 heteroatoms. The Morgan fingerprint density at radius 2 is 2.11 bits per heavy atom. The first kappa shape index (κ1) is 13.0. The van der Waals surface area contributed by atoms with Gasteiger partial charge in [0.1, 0.15) is 5.82 Å². The number of hydrogen-bond acceptors (Lipinski definition) is 2. The van der Waals surface area contributed by atoms with Gasteiger partial charge in [-0.1, -0.05) is 42.8 Å². The molecule has 1 heterocycles. The number of benzene rings is 1. The maximum absolute atomic E-state index is 13.5. The van der Waals surface area contributed by atoms with Crippen LogP contribution in [0.2, 0.25) is 0 Å². The highest BCUT2D eigenvalue weighted by molar-refractivity contribution is 8.13. The lowest BCUT2D eigenvalue weighted by Gasteiger charge is -2.36. The lowest BCUT2D eigenvalue weighted by atomic mass is 9.86. The molecule has 1 aromatic rings. The van der Waals surface area contributed by atoms with Crippen LogP contribution in [0.15, 0.2) is 29.3 Å². The molecule has 0 aromatic heterocycles. The Hall–Kier alpha value is -1.03. The highest BCUT2D eigenvalue weighted by Gasteiger charge is 2.30. The summed E-state index contributed by atoms with van der Waals surface area (Å²) >= 11 is 1.79. The zero-order valence-corrected chi connectivity index (χ0v) is 11.8. The molecule has 2 nitrogen and oxygen atoms in total. The summed E-state index contributed by atoms with van der Waals surface area (Å²) in [6, 6.07) is 7.46. The molecule has 0 amide bonds. The van der Waals surface area contributed by atoms with Crippen LogP contribution in [0.1, 0.15) is 31.2 Å². The van der Waals surface area contributed by atoms with Gasteiger partial charge in [0, 0.05) is 17.4 Å². The van der Waals surface area contributed by atoms with Crippen molar-refractivity contribution in [1.29, 1.82) is 0 Å². The topological polar surface area (TPSA) is 24.4 Å². The fraction of sp³-hybridized carbons (Fsp3) is 0.533. The number of aliphatic imine (C=N–C) groups is 1. The van der Waals surface area contributed by atoms with Crippen molar-refractivity contribution in [3.63, 3.8) is 0 Å². The molecule has 1 aliphatic heterocycles. The average molecular weight is 278 g/mol. The molecule has 0 bridgehead atoms. The number of nitrogens with one attached hydrogen (secondary N) is 1. The van der Waals surface area contributed by atoms with E-state index in [2.05, 4.69) is 10.3 Å². The maximum Gasteiger partial charge on any atom is 0.157 e. The van der Waals surface area contributed by atoms with Crippen LogP contribution in [0.3, 0.4) is 0 Å². The van der Waals surface area contributed by atoms with Crippen LogP contribution in [-0.2, 0) is 6.54 Å². The van der Waals surface area contributed by atoms with Crippen LogP contribution < -0.4 is 5.32 Å². The van der Waals surface area contributed by atoms with E-state index in [1.54, 1.807) is 23.9 Å². The third kappa shape index (κ3) is 3.11. The second-order valence-electron chi connectivity index (χ2n) is 5.32. The molecule has 2 aliphatic rings. The van der Waals surface area contributed by atoms with E-state index >= 15 is 0 Å². The number of rotatable bonds is 2. The summed E-state index contributed by atoms with van der Waals surface area (Å²) in [5.74, 6) is 1.79. The molecule has 1 aromatic carbocycles. The van der Waals surface area contributed by atoms with Crippen LogP contribution in [0.25, 0.3) is 0 Å². The summed E-state index contributed by atoms with van der Waals surface area (Å²) in [7, 11) is 0. The van der Waals surface area contributed by atoms with Gasteiger partial charge in [0.25, 0.3) is 0 Å². The summed E-state index contributed by atoms with van der Waals surface area (Å²) < 4.78 is 13.5. The number of fused-ring (bicyclic) bond motifs is 1. The summed E-state index contributed by atoms with van der Waals surface area (Å²) in [4.78, 5) is 4.53. The minimum Gasteiger partial charge on any atom is -0.362 e. The predicted octanol–water partition coefficient (Wildman–Crippen LogP) is 3.58. The van der Waals surface area contributed by atoms with E-state index in [4.69, 9.17) is 0 Å². The third-order valence-corrected chi connectivity index (χ3v) is 5.12. The first-order valence-electron chi connectivity index (χ1n) is 7.00. The molecule has 2 fully saturated rings. The summed E-state index contributed by atoms with van der Waals surface area (Å²) in [6.07, 6.45) is 5.28. The van der Waals surface area contributed by atoms with Gasteiger partial charge in [0.2, 0.25) is 0 Å². The van der Waals surface area contributed by atoms with Gasteiger partial charge in [-0.25, -0.2) is 4.39 Å². The Bertz CT molecular complexity index is 475. The number of halogens is 1. The number of hydrogen-bond donors (Lipinski definition) is 1. The van der Waals surface area contributed by atoms with Crippen molar-refractivity contribution in [3.05, 3.63) is 35.6 Å². The van der Waals surface area contributed by atoms with Gasteiger partial charge in [0.15, 0.2) is 5.17 Å². The molecule has 1 saturated carbocycles. The normalized spacial score (nSPS) is 28.8. The zero-order chi connectivity index (χ0) is 13.1. The minimum atomic E-state index is -0.164. The fourth-order valence-corrected chi connectivity index (χ4v) is 4.02. The van der Waals surface area contributed by atoms with Crippen LogP contribution in [-0.4, -0.2) is 17.0 Å². The smallest absolute Gasteiger partial charge is 0.157 e. The van der Waals surface area contributed by atoms with Crippen molar-refractivity contribution in [1.82, 2.24) is 5.32 Å². The van der Waals surface area contributed by atoms with E-state index in [0.717, 1.165) is 16.8 Å². The van der Waals surface area contributed by atoms with Gasteiger partial charge in [-0.15, -0.1) is 0 Å². The minimum absolute atomic E-state index is 0.164. The number of nitrogens with zero attached hydrogens (tertiary/aromatic N) is 1. The molecule has 102 valence electrons. The first-order chi connectivity index (χ1) is 9.33. The standard InChI is InChI=1S/C15H19FN2S/c16-13-7-3-1-5-11(13)9-17-15-18-14-8-4-2-6-12(14)10-19-15/h1,3,5,7,12,14H,2,4,6,8-10H2,(H,17,18). The van der Waals surface area contributed by atoms with Gasteiger partial charge in [0.05, 0.1) is 6.54 Å². The Morgan fingerprint density at radius 1 is 1.26 bits per heavy atom. The summed E-state index contributed by atoms with van der Waals surface area (Å²) in [5, 5.41) is 4.53. The second kappa shape index (κ2) is 5.95. The Kier molecular flexibility index (Phi) is 4.06. The van der Waals surface area contributed by atoms with Gasteiger partial charge in [-0.3, -0.25) is 4.99 Å². The van der Waals surface area contributed by atoms with Gasteiger partial charge in [-0.2, -0.15) is 0 Å². The zero-order valence-electron chi connectivity index (χ0n) is 10.9. The Labute approximate surface area is 117 Å². The molecule has 19 heavy (non-hydrogen) atoms. The molecular formula is C15H19FN2S. The first-order valence-corrected chi connectivity index (χ1v) is 7.98. The quantitative estimate of drug-likeness (QED) is 0.894. The van der Waals surface area contributed by atoms with Gasteiger partial charge >= 0.3 is 0 Å². The van der Waals surface area contributed by atoms with Gasteiger partial charge in [-0.05, 0) is 24.8 Å². The SMILES string of the molecule is Fc1ccccc1CN=C1NC2CCCCC2CS1. The van der Waals surface area contributed by atoms with Crippen LogP contribution in [0, 0.1) is 11.7 Å². The molecule has 3 rings (SSSR count). The highest BCUT2D eigenvalue weighted by atomic mass is 32.2. The lowest BCUT2D eigenvalue weighted by molar-refractivity contribution is 0.311. The molecule has 2 unspecified atom stereocenters. The maximum atomic E-state index is 13.5. The molecule has 1 aliphatic carbocycles. The van der Waals surface area contributed by atoms with Crippen LogP contribution in [0.4, 0.5) is 4.39 Å². The monoisotopic (exact) mass is 278 g/mol. The summed E-state index contributed by atoms with van der Waals surface area (Å²) in [5.41, 5.74) is 0.670. The van der Waals surface area contributed by atoms with Crippen molar-refractivity contribution in [2.24, 2.45) is 10.9 Å². The molecular weight excluding hydrogens is 259 g/mol. The van der Waals surface area contributed by atoms with E-state index in [-0.39, 0.29) is 5.82 Å². The average Bonchev–Trinajstić information content (AvgIpc) is 2.46. The van der Waals surface area contributed by atoms with E-state index in [1.807, 2.05) is 6.07 Å². The molecule has 1 saturated heterocycles. The van der Waals surface area contributed by atoms with E-state index in [0.29, 0.717) is 18.2 Å². The molecule has 0 spiro atoms. The summed E-state index contributed by atoms with van der Waals surface area (Å²) in [6.45, 7) is 0.430. The molecule has 0 radical (unpaired) electrons. The number of amidine groups is 1. The van der Waals surface area contributed by atoms with Crippen LogP contribution >= 0.6 is 11.8 Å². The highest BCUT2D eigenvalue weighted by Crippen LogP contribution is 2.31. The van der Waals surface area contributed by atoms with E-state index in [9.17, 15) is 4.39 Å². The Balaban J connectivity index is 1.63. The third-order valence-electron chi connectivity index (χ3n) is 4.00. The van der Waals surface area contributed by atoms with Crippen molar-refractivity contribution in [2.75, 3.05) is 5.75 Å². The van der Waals surface area contributed by atoms with Crippen molar-refractivity contribution >= 4 is 16.9 Å². The largest absolute Gasteiger partial charge is 0.362 e. The molecule has 2 atom stereocenters. The van der Waals surface area contributed by atoms with Crippen LogP contribution in [0.5, 0.6) is 0 Å². The Morgan fingerprint density at radius 3 is 3.00 bits per heavy atom. The van der Waals surface area contributed by atoms with E-state index < -0.39 is 0 Å². The predicted molar refractivity (Wildman–Crippen MR) is 78.9 cm³/mol. The van der Waals surface area contributed by atoms with Crippen molar-refractivity contribution in [2.45, 2.75) is 38.3 Å². The number of thioether (sulfide) groups is 1. The fourth-order valence-electron chi connectivity index (χ4n) is 2.86. The molecule has 1 N–H and O–H groups in total.